The van der Waals surface area contributed by atoms with E-state index in [-0.39, 0.29) is 0 Å². The van der Waals surface area contributed by atoms with Crippen LogP contribution in [0.15, 0.2) is 48.7 Å². The molecular formula is C20H18N4O2. The molecule has 0 saturated heterocycles. The third-order valence-corrected chi connectivity index (χ3v) is 4.15. The maximum Gasteiger partial charge on any atom is 0.313 e. The van der Waals surface area contributed by atoms with Gasteiger partial charge in [0.2, 0.25) is 0 Å². The molecule has 130 valence electrons. The number of hydrogen-bond donors (Lipinski definition) is 3. The Labute approximate surface area is 150 Å². The van der Waals surface area contributed by atoms with Gasteiger partial charge in [0.15, 0.2) is 0 Å². The van der Waals surface area contributed by atoms with Crippen molar-refractivity contribution in [1.29, 1.82) is 5.26 Å². The fourth-order valence-electron chi connectivity index (χ4n) is 2.86. The van der Waals surface area contributed by atoms with Crippen LogP contribution in [-0.4, -0.2) is 23.3 Å². The number of nitrogens with zero attached hydrogens (tertiary/aromatic N) is 1. The molecule has 3 rings (SSSR count). The Balaban J connectivity index is 1.54. The van der Waals surface area contributed by atoms with Gasteiger partial charge in [-0.3, -0.25) is 9.59 Å². The lowest BCUT2D eigenvalue weighted by Crippen LogP contribution is -2.36. The minimum absolute atomic E-state index is 0.362. The molecule has 0 aliphatic heterocycles. The van der Waals surface area contributed by atoms with Gasteiger partial charge in [0, 0.05) is 29.3 Å². The summed E-state index contributed by atoms with van der Waals surface area (Å²) in [6.45, 7) is 2.41. The number of carbonyl (C=O) groups is 2. The molecule has 2 amide bonds. The highest BCUT2D eigenvalue weighted by atomic mass is 16.2. The van der Waals surface area contributed by atoms with E-state index in [1.807, 2.05) is 37.4 Å². The first kappa shape index (κ1) is 17.2. The normalized spacial score (nSPS) is 10.3. The minimum Gasteiger partial charge on any atom is -0.361 e. The monoisotopic (exact) mass is 346 g/mol. The predicted octanol–water partition coefficient (Wildman–Crippen LogP) is 2.65. The van der Waals surface area contributed by atoms with Crippen molar-refractivity contribution in [1.82, 2.24) is 10.3 Å². The molecule has 0 unspecified atom stereocenters. The number of anilines is 1. The van der Waals surface area contributed by atoms with E-state index in [1.54, 1.807) is 24.3 Å². The number of hydrogen-bond acceptors (Lipinski definition) is 3. The molecule has 0 radical (unpaired) electrons. The third-order valence-electron chi connectivity index (χ3n) is 4.15. The number of amides is 2. The Hall–Kier alpha value is -3.59. The predicted molar refractivity (Wildman–Crippen MR) is 99.5 cm³/mol. The van der Waals surface area contributed by atoms with Crippen LogP contribution in [0, 0.1) is 18.3 Å². The second-order valence-electron chi connectivity index (χ2n) is 5.96. The van der Waals surface area contributed by atoms with Gasteiger partial charge in [0.05, 0.1) is 11.6 Å². The highest BCUT2D eigenvalue weighted by molar-refractivity contribution is 6.39. The summed E-state index contributed by atoms with van der Waals surface area (Å²) < 4.78 is 0. The average molecular weight is 346 g/mol. The van der Waals surface area contributed by atoms with Crippen molar-refractivity contribution >= 4 is 28.4 Å². The van der Waals surface area contributed by atoms with Crippen LogP contribution in [0.3, 0.4) is 0 Å². The van der Waals surface area contributed by atoms with Crippen LogP contribution in [0.1, 0.15) is 16.7 Å². The lowest BCUT2D eigenvalue weighted by atomic mass is 10.1. The standard InChI is InChI=1S/C20H18N4O2/c1-13-3-2-4-17-18(13)15(12-23-17)9-10-22-19(25)20(26)24-16-7-5-14(11-21)6-8-16/h2-8,12,23H,9-10H2,1H3,(H,22,25)(H,24,26). The molecule has 6 heteroatoms. The van der Waals surface area contributed by atoms with Crippen LogP contribution in [0.5, 0.6) is 0 Å². The topological polar surface area (TPSA) is 97.8 Å². The number of rotatable bonds is 4. The summed E-state index contributed by atoms with van der Waals surface area (Å²) in [6, 6.07) is 14.4. The van der Waals surface area contributed by atoms with Crippen molar-refractivity contribution in [3.63, 3.8) is 0 Å². The van der Waals surface area contributed by atoms with Crippen molar-refractivity contribution in [2.24, 2.45) is 0 Å². The molecule has 0 atom stereocenters. The summed E-state index contributed by atoms with van der Waals surface area (Å²) in [7, 11) is 0. The van der Waals surface area contributed by atoms with E-state index in [2.05, 4.69) is 15.6 Å². The fraction of sp³-hybridized carbons (Fsp3) is 0.150. The van der Waals surface area contributed by atoms with Crippen LogP contribution in [0.2, 0.25) is 0 Å². The van der Waals surface area contributed by atoms with Gasteiger partial charge in [-0.25, -0.2) is 0 Å². The second-order valence-corrected chi connectivity index (χ2v) is 5.96. The maximum atomic E-state index is 11.9. The van der Waals surface area contributed by atoms with Crippen LogP contribution >= 0.6 is 0 Å². The van der Waals surface area contributed by atoms with Crippen molar-refractivity contribution in [2.75, 3.05) is 11.9 Å². The SMILES string of the molecule is Cc1cccc2[nH]cc(CCNC(=O)C(=O)Nc3ccc(C#N)cc3)c12. The van der Waals surface area contributed by atoms with Gasteiger partial charge in [-0.15, -0.1) is 0 Å². The van der Waals surface area contributed by atoms with Gasteiger partial charge < -0.3 is 15.6 Å². The number of H-pyrrole nitrogens is 1. The lowest BCUT2D eigenvalue weighted by molar-refractivity contribution is -0.136. The molecule has 0 saturated carbocycles. The van der Waals surface area contributed by atoms with Gasteiger partial charge in [-0.2, -0.15) is 5.26 Å². The molecule has 0 fully saturated rings. The number of carbonyl (C=O) groups excluding carboxylic acids is 2. The first-order valence-corrected chi connectivity index (χ1v) is 8.23. The fourth-order valence-corrected chi connectivity index (χ4v) is 2.86. The number of aryl methyl sites for hydroxylation is 1. The summed E-state index contributed by atoms with van der Waals surface area (Å²) in [6.07, 6.45) is 2.56. The summed E-state index contributed by atoms with van der Waals surface area (Å²) in [4.78, 5) is 27.1. The Morgan fingerprint density at radius 1 is 1.12 bits per heavy atom. The minimum atomic E-state index is -0.732. The number of benzene rings is 2. The molecule has 0 spiro atoms. The van der Waals surface area contributed by atoms with Crippen molar-refractivity contribution in [3.8, 4) is 6.07 Å². The van der Waals surface area contributed by atoms with Crippen molar-refractivity contribution in [2.45, 2.75) is 13.3 Å². The van der Waals surface area contributed by atoms with Crippen molar-refractivity contribution < 1.29 is 9.59 Å². The molecule has 3 N–H and O–H groups in total. The van der Waals surface area contributed by atoms with E-state index in [0.717, 1.165) is 16.5 Å². The number of nitriles is 1. The van der Waals surface area contributed by atoms with Gasteiger partial charge >= 0.3 is 11.8 Å². The number of nitrogens with one attached hydrogen (secondary N) is 3. The smallest absolute Gasteiger partial charge is 0.313 e. The third kappa shape index (κ3) is 3.73. The molecule has 0 aliphatic carbocycles. The zero-order chi connectivity index (χ0) is 18.5. The quantitative estimate of drug-likeness (QED) is 0.633. The van der Waals surface area contributed by atoms with E-state index in [4.69, 9.17) is 5.26 Å². The molecule has 0 aliphatic rings. The summed E-state index contributed by atoms with van der Waals surface area (Å²) >= 11 is 0. The van der Waals surface area contributed by atoms with E-state index >= 15 is 0 Å². The van der Waals surface area contributed by atoms with E-state index < -0.39 is 11.8 Å². The molecule has 1 aromatic heterocycles. The molecule has 1 heterocycles. The van der Waals surface area contributed by atoms with E-state index in [9.17, 15) is 9.59 Å². The molecule has 3 aromatic rings. The average Bonchev–Trinajstić information content (AvgIpc) is 3.07. The second kappa shape index (κ2) is 7.53. The van der Waals surface area contributed by atoms with Crippen LogP contribution < -0.4 is 10.6 Å². The van der Waals surface area contributed by atoms with Gasteiger partial charge in [-0.05, 0) is 54.8 Å². The van der Waals surface area contributed by atoms with Crippen LogP contribution in [0.25, 0.3) is 10.9 Å². The molecular weight excluding hydrogens is 328 g/mol. The van der Waals surface area contributed by atoms with E-state index in [1.165, 1.54) is 5.56 Å². The Morgan fingerprint density at radius 2 is 1.88 bits per heavy atom. The van der Waals surface area contributed by atoms with E-state index in [0.29, 0.717) is 24.2 Å². The van der Waals surface area contributed by atoms with Gasteiger partial charge in [0.1, 0.15) is 0 Å². The molecule has 2 aromatic carbocycles. The van der Waals surface area contributed by atoms with Crippen molar-refractivity contribution in [3.05, 3.63) is 65.4 Å². The van der Waals surface area contributed by atoms with Crippen LogP contribution in [-0.2, 0) is 16.0 Å². The number of aromatic nitrogens is 1. The summed E-state index contributed by atoms with van der Waals surface area (Å²) in [5.41, 5.74) is 4.29. The first-order valence-electron chi connectivity index (χ1n) is 8.23. The summed E-state index contributed by atoms with van der Waals surface area (Å²) in [5, 5.41) is 15.0. The summed E-state index contributed by atoms with van der Waals surface area (Å²) in [5.74, 6) is -1.42. The van der Waals surface area contributed by atoms with Gasteiger partial charge in [-0.1, -0.05) is 12.1 Å². The zero-order valence-corrected chi connectivity index (χ0v) is 14.3. The van der Waals surface area contributed by atoms with Gasteiger partial charge in [0.25, 0.3) is 0 Å². The lowest BCUT2D eigenvalue weighted by Gasteiger charge is -2.07. The number of fused-ring (bicyclic) bond motifs is 1. The Bertz CT molecular complexity index is 997. The highest BCUT2D eigenvalue weighted by Crippen LogP contribution is 2.22. The molecule has 0 bridgehead atoms. The Kier molecular flexibility index (Phi) is 4.99. The highest BCUT2D eigenvalue weighted by Gasteiger charge is 2.14. The molecule has 26 heavy (non-hydrogen) atoms. The first-order chi connectivity index (χ1) is 12.6. The van der Waals surface area contributed by atoms with Crippen LogP contribution in [0.4, 0.5) is 5.69 Å². The Morgan fingerprint density at radius 3 is 2.62 bits per heavy atom. The largest absolute Gasteiger partial charge is 0.361 e. The number of aromatic amines is 1. The maximum absolute atomic E-state index is 11.9. The molecule has 6 nitrogen and oxygen atoms in total. The zero-order valence-electron chi connectivity index (χ0n) is 14.3.